The van der Waals surface area contributed by atoms with Crippen LogP contribution in [-0.2, 0) is 13.0 Å². The fourth-order valence-electron chi connectivity index (χ4n) is 1.88. The molecule has 0 fully saturated rings. The molecule has 0 spiro atoms. The molecule has 0 aliphatic rings. The van der Waals surface area contributed by atoms with Crippen molar-refractivity contribution in [2.24, 2.45) is 5.73 Å². The van der Waals surface area contributed by atoms with E-state index in [0.29, 0.717) is 11.4 Å². The number of nitrogens with zero attached hydrogens (tertiary/aromatic N) is 2. The average Bonchev–Trinajstić information content (AvgIpc) is 2.79. The van der Waals surface area contributed by atoms with Gasteiger partial charge in [-0.1, -0.05) is 17.7 Å². The van der Waals surface area contributed by atoms with Gasteiger partial charge in [-0.25, -0.2) is 4.98 Å². The topological polar surface area (TPSA) is 43.8 Å². The number of hydrogen-bond donors (Lipinski definition) is 1. The minimum atomic E-state index is -0.0942. The molecule has 0 saturated heterocycles. The molecule has 96 valence electrons. The zero-order valence-corrected chi connectivity index (χ0v) is 12.4. The molecule has 0 aliphatic carbocycles. The van der Waals surface area contributed by atoms with Crippen LogP contribution in [0.25, 0.3) is 0 Å². The Balaban J connectivity index is 2.16. The molecule has 1 heterocycles. The number of benzene rings is 1. The van der Waals surface area contributed by atoms with E-state index >= 15 is 0 Å². The summed E-state index contributed by atoms with van der Waals surface area (Å²) < 4.78 is 2.98. The van der Waals surface area contributed by atoms with Crippen LogP contribution in [0.15, 0.2) is 35.1 Å². The van der Waals surface area contributed by atoms with Crippen molar-refractivity contribution in [1.82, 2.24) is 9.55 Å². The van der Waals surface area contributed by atoms with Gasteiger partial charge in [0.25, 0.3) is 0 Å². The van der Waals surface area contributed by atoms with Crippen molar-refractivity contribution in [3.63, 3.8) is 0 Å². The van der Waals surface area contributed by atoms with E-state index in [1.807, 2.05) is 24.4 Å². The standard InChI is InChI=1S/C13H15BrClN3/c1-2-18-6-5-17-13(18)8-12(16)9-3-4-10(14)11(15)7-9/h3-7,12H,2,8,16H2,1H3. The van der Waals surface area contributed by atoms with Crippen molar-refractivity contribution in [1.29, 1.82) is 0 Å². The lowest BCUT2D eigenvalue weighted by Crippen LogP contribution is -2.16. The summed E-state index contributed by atoms with van der Waals surface area (Å²) >= 11 is 9.45. The van der Waals surface area contributed by atoms with Crippen LogP contribution in [0.1, 0.15) is 24.4 Å². The van der Waals surface area contributed by atoms with Gasteiger partial charge in [0.05, 0.1) is 5.02 Å². The molecule has 1 aromatic carbocycles. The molecule has 18 heavy (non-hydrogen) atoms. The third-order valence-corrected chi connectivity index (χ3v) is 4.15. The highest BCUT2D eigenvalue weighted by atomic mass is 79.9. The molecule has 1 aromatic heterocycles. The number of rotatable bonds is 4. The van der Waals surface area contributed by atoms with E-state index < -0.39 is 0 Å². The van der Waals surface area contributed by atoms with Crippen molar-refractivity contribution in [3.8, 4) is 0 Å². The second-order valence-corrected chi connectivity index (χ2v) is 5.38. The molecular weight excluding hydrogens is 314 g/mol. The highest BCUT2D eigenvalue weighted by Crippen LogP contribution is 2.26. The van der Waals surface area contributed by atoms with Crippen LogP contribution in [0.3, 0.4) is 0 Å². The summed E-state index contributed by atoms with van der Waals surface area (Å²) in [6, 6.07) is 5.71. The Labute approximate surface area is 120 Å². The first-order valence-electron chi connectivity index (χ1n) is 5.82. The normalized spacial score (nSPS) is 12.7. The Morgan fingerprint density at radius 2 is 2.28 bits per heavy atom. The molecule has 2 N–H and O–H groups in total. The minimum Gasteiger partial charge on any atom is -0.335 e. The SMILES string of the molecule is CCn1ccnc1CC(N)c1ccc(Br)c(Cl)c1. The Morgan fingerprint density at radius 3 is 2.94 bits per heavy atom. The van der Waals surface area contributed by atoms with Crippen LogP contribution < -0.4 is 5.73 Å². The number of imidazole rings is 1. The summed E-state index contributed by atoms with van der Waals surface area (Å²) in [4.78, 5) is 4.33. The first kappa shape index (κ1) is 13.6. The lowest BCUT2D eigenvalue weighted by atomic mass is 10.0. The van der Waals surface area contributed by atoms with E-state index in [9.17, 15) is 0 Å². The molecule has 0 aliphatic heterocycles. The maximum atomic E-state index is 6.20. The number of nitrogens with two attached hydrogens (primary N) is 1. The van der Waals surface area contributed by atoms with Crippen LogP contribution in [0.2, 0.25) is 5.02 Å². The smallest absolute Gasteiger partial charge is 0.110 e. The molecule has 0 bridgehead atoms. The van der Waals surface area contributed by atoms with Crippen LogP contribution >= 0.6 is 27.5 Å². The Hall–Kier alpha value is -0.840. The Bertz CT molecular complexity index is 539. The zero-order valence-electron chi connectivity index (χ0n) is 10.1. The van der Waals surface area contributed by atoms with Crippen molar-refractivity contribution in [2.75, 3.05) is 0 Å². The van der Waals surface area contributed by atoms with Gasteiger partial charge in [-0.2, -0.15) is 0 Å². The quantitative estimate of drug-likeness (QED) is 0.932. The maximum absolute atomic E-state index is 6.20. The third kappa shape index (κ3) is 2.94. The van der Waals surface area contributed by atoms with Crippen LogP contribution in [0.4, 0.5) is 0 Å². The summed E-state index contributed by atoms with van der Waals surface area (Å²) in [7, 11) is 0. The van der Waals surface area contributed by atoms with Crippen LogP contribution in [0.5, 0.6) is 0 Å². The molecule has 3 nitrogen and oxygen atoms in total. The van der Waals surface area contributed by atoms with Gasteiger partial charge in [0, 0.05) is 35.9 Å². The van der Waals surface area contributed by atoms with E-state index in [2.05, 4.69) is 32.4 Å². The summed E-state index contributed by atoms with van der Waals surface area (Å²) in [6.45, 7) is 3.00. The molecule has 1 unspecified atom stereocenters. The molecule has 5 heteroatoms. The molecule has 0 saturated carbocycles. The fraction of sp³-hybridized carbons (Fsp3) is 0.308. The van der Waals surface area contributed by atoms with E-state index in [1.54, 1.807) is 6.20 Å². The van der Waals surface area contributed by atoms with Gasteiger partial charge in [-0.15, -0.1) is 0 Å². The molecule has 2 rings (SSSR count). The molecule has 0 amide bonds. The van der Waals surface area contributed by atoms with Gasteiger partial charge in [-0.3, -0.25) is 0 Å². The molecule has 2 aromatic rings. The number of aryl methyl sites for hydroxylation is 1. The van der Waals surface area contributed by atoms with Gasteiger partial charge in [0.15, 0.2) is 0 Å². The largest absolute Gasteiger partial charge is 0.335 e. The molecule has 0 radical (unpaired) electrons. The summed E-state index contributed by atoms with van der Waals surface area (Å²) in [5.74, 6) is 1.00. The molecule has 1 atom stereocenters. The second-order valence-electron chi connectivity index (χ2n) is 4.11. The van der Waals surface area contributed by atoms with Crippen LogP contribution in [-0.4, -0.2) is 9.55 Å². The van der Waals surface area contributed by atoms with E-state index in [-0.39, 0.29) is 6.04 Å². The molecular formula is C13H15BrClN3. The number of halogens is 2. The third-order valence-electron chi connectivity index (χ3n) is 2.92. The van der Waals surface area contributed by atoms with Gasteiger partial charge < -0.3 is 10.3 Å². The lowest BCUT2D eigenvalue weighted by molar-refractivity contribution is 0.628. The van der Waals surface area contributed by atoms with Crippen LogP contribution in [0, 0.1) is 0 Å². The monoisotopic (exact) mass is 327 g/mol. The summed E-state index contributed by atoms with van der Waals surface area (Å²) in [5, 5.41) is 0.682. The predicted molar refractivity (Wildman–Crippen MR) is 77.7 cm³/mol. The highest BCUT2D eigenvalue weighted by Gasteiger charge is 2.12. The minimum absolute atomic E-state index is 0.0942. The van der Waals surface area contributed by atoms with Gasteiger partial charge >= 0.3 is 0 Å². The number of aromatic nitrogens is 2. The van der Waals surface area contributed by atoms with Gasteiger partial charge in [0.1, 0.15) is 5.82 Å². The fourth-order valence-corrected chi connectivity index (χ4v) is 2.31. The second kappa shape index (κ2) is 5.87. The van der Waals surface area contributed by atoms with E-state index in [1.165, 1.54) is 0 Å². The number of hydrogen-bond acceptors (Lipinski definition) is 2. The summed E-state index contributed by atoms with van der Waals surface area (Å²) in [5.41, 5.74) is 7.22. The predicted octanol–water partition coefficient (Wildman–Crippen LogP) is 3.56. The Kier molecular flexibility index (Phi) is 4.43. The van der Waals surface area contributed by atoms with E-state index in [0.717, 1.165) is 22.4 Å². The lowest BCUT2D eigenvalue weighted by Gasteiger charge is -2.13. The van der Waals surface area contributed by atoms with Crippen molar-refractivity contribution in [3.05, 3.63) is 51.5 Å². The first-order chi connectivity index (χ1) is 8.61. The van der Waals surface area contributed by atoms with E-state index in [4.69, 9.17) is 17.3 Å². The van der Waals surface area contributed by atoms with Crippen molar-refractivity contribution >= 4 is 27.5 Å². The summed E-state index contributed by atoms with van der Waals surface area (Å²) in [6.07, 6.45) is 4.48. The Morgan fingerprint density at radius 1 is 1.50 bits per heavy atom. The van der Waals surface area contributed by atoms with Crippen molar-refractivity contribution in [2.45, 2.75) is 25.9 Å². The van der Waals surface area contributed by atoms with Gasteiger partial charge in [-0.05, 0) is 40.5 Å². The zero-order chi connectivity index (χ0) is 13.1. The maximum Gasteiger partial charge on any atom is 0.110 e. The first-order valence-corrected chi connectivity index (χ1v) is 6.99. The van der Waals surface area contributed by atoms with Gasteiger partial charge in [0.2, 0.25) is 0 Å². The van der Waals surface area contributed by atoms with Crippen molar-refractivity contribution < 1.29 is 0 Å². The highest BCUT2D eigenvalue weighted by molar-refractivity contribution is 9.10. The average molecular weight is 329 g/mol.